The Hall–Kier alpha value is -2.37. The molecule has 0 aromatic carbocycles. The fourth-order valence-electron chi connectivity index (χ4n) is 3.02. The zero-order valence-corrected chi connectivity index (χ0v) is 14.8. The maximum Gasteiger partial charge on any atom is 0.108 e. The molecule has 0 radical (unpaired) electrons. The van der Waals surface area contributed by atoms with Crippen molar-refractivity contribution in [3.05, 3.63) is 54.2 Å². The van der Waals surface area contributed by atoms with Crippen LogP contribution in [-0.4, -0.2) is 29.5 Å². The van der Waals surface area contributed by atoms with Crippen molar-refractivity contribution in [3.63, 3.8) is 0 Å². The van der Waals surface area contributed by atoms with E-state index in [9.17, 15) is 0 Å². The highest BCUT2D eigenvalue weighted by Crippen LogP contribution is 2.23. The van der Waals surface area contributed by atoms with E-state index in [4.69, 9.17) is 0 Å². The van der Waals surface area contributed by atoms with Gasteiger partial charge in [0.05, 0.1) is 18.3 Å². The second kappa shape index (κ2) is 7.03. The van der Waals surface area contributed by atoms with Crippen LogP contribution in [0.3, 0.4) is 0 Å². The first-order chi connectivity index (χ1) is 11.5. The van der Waals surface area contributed by atoms with Crippen molar-refractivity contribution in [2.24, 2.45) is 0 Å². The third kappa shape index (κ3) is 3.58. The first-order valence-corrected chi connectivity index (χ1v) is 8.58. The van der Waals surface area contributed by atoms with Gasteiger partial charge in [0.15, 0.2) is 0 Å². The van der Waals surface area contributed by atoms with E-state index in [0.717, 1.165) is 30.1 Å². The molecule has 1 unspecified atom stereocenters. The smallest absolute Gasteiger partial charge is 0.108 e. The van der Waals surface area contributed by atoms with Gasteiger partial charge in [-0.3, -0.25) is 0 Å². The number of nitrogens with zero attached hydrogens (tertiary/aromatic N) is 4. The Balaban J connectivity index is 1.82. The Morgan fingerprint density at radius 1 is 1.08 bits per heavy atom. The second-order valence-electron chi connectivity index (χ2n) is 6.94. The van der Waals surface area contributed by atoms with E-state index < -0.39 is 0 Å². The average molecular weight is 326 g/mol. The van der Waals surface area contributed by atoms with E-state index in [1.54, 1.807) is 6.33 Å². The van der Waals surface area contributed by atoms with E-state index >= 15 is 0 Å². The lowest BCUT2D eigenvalue weighted by atomic mass is 10.0. The monoisotopic (exact) mass is 326 g/mol. The summed E-state index contributed by atoms with van der Waals surface area (Å²) < 4.78 is 2.17. The maximum absolute atomic E-state index is 4.49. The predicted octanol–water partition coefficient (Wildman–Crippen LogP) is 3.60. The molecule has 0 saturated carbocycles. The zero-order chi connectivity index (χ0) is 17.1. The first kappa shape index (κ1) is 16.5. The van der Waals surface area contributed by atoms with Crippen LogP contribution < -0.4 is 0 Å². The van der Waals surface area contributed by atoms with E-state index in [1.807, 2.05) is 24.9 Å². The molecule has 3 rings (SSSR count). The summed E-state index contributed by atoms with van der Waals surface area (Å²) in [5.41, 5.74) is 3.50. The molecule has 0 aliphatic heterocycles. The summed E-state index contributed by atoms with van der Waals surface area (Å²) in [7, 11) is 0. The molecular weight excluding hydrogens is 300 g/mol. The van der Waals surface area contributed by atoms with Gasteiger partial charge in [0.25, 0.3) is 0 Å². The molecule has 0 aliphatic carbocycles. The van der Waals surface area contributed by atoms with Gasteiger partial charge < -0.3 is 14.5 Å². The van der Waals surface area contributed by atoms with E-state index in [-0.39, 0.29) is 6.04 Å². The highest BCUT2D eigenvalue weighted by Gasteiger charge is 2.19. The van der Waals surface area contributed by atoms with Crippen molar-refractivity contribution < 1.29 is 0 Å². The standard InChI is InChI=1S/C18H26N6/c1-12(2)17-16(21-10-22-17)8-15(24-6-5-19-11-24)7-14-9-20-18(23-14)13(3)4/h5-6,9-13,15H,7-8H2,1-4H3,(H,20,23)(H,21,22). The molecule has 0 saturated heterocycles. The van der Waals surface area contributed by atoms with Crippen molar-refractivity contribution in [3.8, 4) is 0 Å². The van der Waals surface area contributed by atoms with Crippen LogP contribution in [0.4, 0.5) is 0 Å². The van der Waals surface area contributed by atoms with Crippen LogP contribution in [-0.2, 0) is 12.8 Å². The Labute approximate surface area is 142 Å². The van der Waals surface area contributed by atoms with E-state index in [0.29, 0.717) is 11.8 Å². The number of aromatic nitrogens is 6. The normalized spacial score (nSPS) is 13.1. The topological polar surface area (TPSA) is 75.2 Å². The van der Waals surface area contributed by atoms with Gasteiger partial charge in [0.1, 0.15) is 5.82 Å². The van der Waals surface area contributed by atoms with Crippen LogP contribution in [0.1, 0.15) is 68.5 Å². The number of nitrogens with one attached hydrogen (secondary N) is 2. The van der Waals surface area contributed by atoms with E-state index in [1.165, 1.54) is 5.69 Å². The third-order valence-corrected chi connectivity index (χ3v) is 4.34. The van der Waals surface area contributed by atoms with Gasteiger partial charge in [0, 0.05) is 54.8 Å². The fourth-order valence-corrected chi connectivity index (χ4v) is 3.02. The predicted molar refractivity (Wildman–Crippen MR) is 94.0 cm³/mol. The quantitative estimate of drug-likeness (QED) is 0.696. The second-order valence-corrected chi connectivity index (χ2v) is 6.94. The van der Waals surface area contributed by atoms with E-state index in [2.05, 4.69) is 57.2 Å². The largest absolute Gasteiger partial charge is 0.348 e. The molecular formula is C18H26N6. The lowest BCUT2D eigenvalue weighted by molar-refractivity contribution is 0.483. The summed E-state index contributed by atoms with van der Waals surface area (Å²) >= 11 is 0. The third-order valence-electron chi connectivity index (χ3n) is 4.34. The van der Waals surface area contributed by atoms with Gasteiger partial charge in [-0.1, -0.05) is 27.7 Å². The summed E-state index contributed by atoms with van der Waals surface area (Å²) in [4.78, 5) is 20.0. The highest BCUT2D eigenvalue weighted by atomic mass is 15.1. The Bertz CT molecular complexity index is 750. The lowest BCUT2D eigenvalue weighted by Gasteiger charge is -2.18. The number of imidazole rings is 3. The molecule has 0 bridgehead atoms. The molecule has 3 aromatic rings. The fraction of sp³-hybridized carbons (Fsp3) is 0.500. The molecule has 128 valence electrons. The van der Waals surface area contributed by atoms with Crippen molar-refractivity contribution in [1.82, 2.24) is 29.5 Å². The van der Waals surface area contributed by atoms with Crippen LogP contribution in [0.2, 0.25) is 0 Å². The minimum atomic E-state index is 0.269. The van der Waals surface area contributed by atoms with Crippen LogP contribution in [0.25, 0.3) is 0 Å². The van der Waals surface area contributed by atoms with Crippen LogP contribution in [0.5, 0.6) is 0 Å². The SMILES string of the molecule is CC(C)c1ncc(CC(Cc2[nH]cnc2C(C)C)n2ccnc2)[nH]1. The molecule has 3 heterocycles. The minimum absolute atomic E-state index is 0.269. The molecule has 1 atom stereocenters. The molecule has 0 spiro atoms. The molecule has 24 heavy (non-hydrogen) atoms. The van der Waals surface area contributed by atoms with Crippen LogP contribution in [0, 0.1) is 0 Å². The number of H-pyrrole nitrogens is 2. The van der Waals surface area contributed by atoms with Crippen molar-refractivity contribution in [2.75, 3.05) is 0 Å². The molecule has 3 aromatic heterocycles. The summed E-state index contributed by atoms with van der Waals surface area (Å²) in [6, 6.07) is 0.269. The molecule has 0 fully saturated rings. The number of hydrogen-bond donors (Lipinski definition) is 2. The average Bonchev–Trinajstić information content (AvgIpc) is 3.28. The number of aromatic amines is 2. The zero-order valence-electron chi connectivity index (χ0n) is 14.8. The Morgan fingerprint density at radius 2 is 1.92 bits per heavy atom. The van der Waals surface area contributed by atoms with Crippen molar-refractivity contribution in [2.45, 2.75) is 58.4 Å². The van der Waals surface area contributed by atoms with Gasteiger partial charge in [-0.05, 0) is 5.92 Å². The number of rotatable bonds is 7. The first-order valence-electron chi connectivity index (χ1n) is 8.58. The maximum atomic E-state index is 4.49. The summed E-state index contributed by atoms with van der Waals surface area (Å²) in [6.45, 7) is 8.65. The van der Waals surface area contributed by atoms with Crippen molar-refractivity contribution in [1.29, 1.82) is 0 Å². The number of hydrogen-bond acceptors (Lipinski definition) is 3. The Morgan fingerprint density at radius 3 is 2.54 bits per heavy atom. The van der Waals surface area contributed by atoms with Crippen LogP contribution in [0.15, 0.2) is 31.2 Å². The van der Waals surface area contributed by atoms with Gasteiger partial charge in [-0.15, -0.1) is 0 Å². The highest BCUT2D eigenvalue weighted by molar-refractivity contribution is 5.17. The molecule has 0 amide bonds. The summed E-state index contributed by atoms with van der Waals surface area (Å²) in [5.74, 6) is 1.86. The van der Waals surface area contributed by atoms with Gasteiger partial charge in [-0.2, -0.15) is 0 Å². The van der Waals surface area contributed by atoms with Gasteiger partial charge in [-0.25, -0.2) is 15.0 Å². The minimum Gasteiger partial charge on any atom is -0.348 e. The van der Waals surface area contributed by atoms with Gasteiger partial charge in [0.2, 0.25) is 0 Å². The summed E-state index contributed by atoms with van der Waals surface area (Å²) in [6.07, 6.45) is 11.3. The van der Waals surface area contributed by atoms with Crippen LogP contribution >= 0.6 is 0 Å². The lowest BCUT2D eigenvalue weighted by Crippen LogP contribution is -2.15. The van der Waals surface area contributed by atoms with Gasteiger partial charge >= 0.3 is 0 Å². The molecule has 0 aliphatic rings. The Kier molecular flexibility index (Phi) is 4.83. The van der Waals surface area contributed by atoms with Crippen molar-refractivity contribution >= 4 is 0 Å². The molecule has 2 N–H and O–H groups in total. The summed E-state index contributed by atoms with van der Waals surface area (Å²) in [5, 5.41) is 0. The molecule has 6 nitrogen and oxygen atoms in total. The molecule has 6 heteroatoms.